The van der Waals surface area contributed by atoms with Gasteiger partial charge in [-0.3, -0.25) is 0 Å². The Morgan fingerprint density at radius 2 is 1.85 bits per heavy atom. The van der Waals surface area contributed by atoms with Crippen molar-refractivity contribution in [2.24, 2.45) is 5.73 Å². The molecule has 20 heavy (non-hydrogen) atoms. The maximum Gasteiger partial charge on any atom is 0.234 e. The molecule has 4 nitrogen and oxygen atoms in total. The minimum Gasteiger partial charge on any atom is -0.338 e. The number of nitrogens with zero attached hydrogens (tertiary/aromatic N) is 2. The van der Waals surface area contributed by atoms with E-state index in [1.54, 1.807) is 11.8 Å². The highest BCUT2D eigenvalue weighted by Crippen LogP contribution is 2.31. The van der Waals surface area contributed by atoms with E-state index in [4.69, 9.17) is 10.3 Å². The predicted molar refractivity (Wildman–Crippen MR) is 82.8 cm³/mol. The summed E-state index contributed by atoms with van der Waals surface area (Å²) in [5, 5.41) is 4.10. The normalized spacial score (nSPS) is 11.8. The second-order valence-corrected chi connectivity index (χ2v) is 5.72. The molecule has 0 aliphatic carbocycles. The zero-order chi connectivity index (χ0) is 14.6. The first kappa shape index (κ1) is 15.1. The van der Waals surface area contributed by atoms with E-state index in [9.17, 15) is 0 Å². The van der Waals surface area contributed by atoms with Gasteiger partial charge in [0.15, 0.2) is 0 Å². The van der Waals surface area contributed by atoms with Gasteiger partial charge < -0.3 is 10.3 Å². The maximum absolute atomic E-state index is 5.92. The first-order valence-electron chi connectivity index (χ1n) is 6.87. The molecule has 0 radical (unpaired) electrons. The molecular weight excluding hydrogens is 270 g/mol. The van der Waals surface area contributed by atoms with Gasteiger partial charge in [0, 0.05) is 17.0 Å². The molecule has 0 saturated carbocycles. The van der Waals surface area contributed by atoms with Crippen molar-refractivity contribution in [1.82, 2.24) is 10.1 Å². The van der Waals surface area contributed by atoms with Crippen LogP contribution in [0.2, 0.25) is 0 Å². The molecule has 5 heteroatoms. The first-order valence-corrected chi connectivity index (χ1v) is 8.10. The fourth-order valence-electron chi connectivity index (χ4n) is 2.22. The molecule has 0 saturated heterocycles. The maximum atomic E-state index is 5.92. The fourth-order valence-corrected chi connectivity index (χ4v) is 2.63. The average molecular weight is 291 g/mol. The molecule has 0 unspecified atom stereocenters. The third-order valence-electron chi connectivity index (χ3n) is 3.97. The summed E-state index contributed by atoms with van der Waals surface area (Å²) in [5.41, 5.74) is 6.68. The van der Waals surface area contributed by atoms with E-state index in [1.807, 2.05) is 12.1 Å². The lowest BCUT2D eigenvalue weighted by Gasteiger charge is -2.24. The van der Waals surface area contributed by atoms with Crippen LogP contribution in [0.25, 0.3) is 11.4 Å². The van der Waals surface area contributed by atoms with Gasteiger partial charge in [-0.25, -0.2) is 0 Å². The summed E-state index contributed by atoms with van der Waals surface area (Å²) in [6, 6.07) is 8.16. The Hall–Kier alpha value is -1.33. The van der Waals surface area contributed by atoms with E-state index in [0.29, 0.717) is 18.3 Å². The molecule has 0 fully saturated rings. The summed E-state index contributed by atoms with van der Waals surface area (Å²) < 4.78 is 5.47. The molecule has 1 aromatic carbocycles. The fraction of sp³-hybridized carbons (Fsp3) is 0.467. The van der Waals surface area contributed by atoms with Crippen LogP contribution in [-0.2, 0) is 5.41 Å². The van der Waals surface area contributed by atoms with Crippen LogP contribution in [-0.4, -0.2) is 22.9 Å². The van der Waals surface area contributed by atoms with Crippen LogP contribution in [0.5, 0.6) is 0 Å². The Balaban J connectivity index is 2.32. The molecule has 2 aromatic rings. The van der Waals surface area contributed by atoms with Gasteiger partial charge in [-0.1, -0.05) is 19.0 Å². The third kappa shape index (κ3) is 2.74. The number of nitrogens with two attached hydrogens (primary N) is 1. The minimum absolute atomic E-state index is 0.204. The van der Waals surface area contributed by atoms with Crippen LogP contribution in [0, 0.1) is 0 Å². The summed E-state index contributed by atoms with van der Waals surface area (Å²) >= 11 is 1.71. The Bertz CT molecular complexity index is 538. The van der Waals surface area contributed by atoms with Crippen LogP contribution >= 0.6 is 11.8 Å². The summed E-state index contributed by atoms with van der Waals surface area (Å²) in [6.07, 6.45) is 3.85. The average Bonchev–Trinajstić information content (AvgIpc) is 3.00. The minimum atomic E-state index is -0.204. The quantitative estimate of drug-likeness (QED) is 0.825. The Morgan fingerprint density at radius 1 is 1.20 bits per heavy atom. The topological polar surface area (TPSA) is 64.9 Å². The van der Waals surface area contributed by atoms with Gasteiger partial charge >= 0.3 is 0 Å². The lowest BCUT2D eigenvalue weighted by molar-refractivity contribution is 0.267. The number of thioether (sulfide) groups is 1. The van der Waals surface area contributed by atoms with Crippen molar-refractivity contribution >= 4 is 11.8 Å². The predicted octanol–water partition coefficient (Wildman–Crippen LogP) is 3.48. The molecule has 0 aliphatic rings. The summed E-state index contributed by atoms with van der Waals surface area (Å²) in [5.74, 6) is 1.28. The Kier molecular flexibility index (Phi) is 4.83. The summed E-state index contributed by atoms with van der Waals surface area (Å²) in [6.45, 7) is 4.73. The molecule has 0 amide bonds. The van der Waals surface area contributed by atoms with Crippen molar-refractivity contribution < 1.29 is 4.52 Å². The van der Waals surface area contributed by atoms with Crippen molar-refractivity contribution in [1.29, 1.82) is 0 Å². The Morgan fingerprint density at radius 3 is 2.35 bits per heavy atom. The molecule has 0 spiro atoms. The van der Waals surface area contributed by atoms with Gasteiger partial charge in [0.2, 0.25) is 11.7 Å². The Labute approximate surface area is 124 Å². The van der Waals surface area contributed by atoms with E-state index in [1.165, 1.54) is 4.90 Å². The van der Waals surface area contributed by atoms with Crippen LogP contribution in [0.4, 0.5) is 0 Å². The van der Waals surface area contributed by atoms with Crippen LogP contribution < -0.4 is 5.73 Å². The SMILES string of the molecule is CCC(CC)(CN)c1nc(-c2ccc(SC)cc2)no1. The number of aromatic nitrogens is 2. The zero-order valence-electron chi connectivity index (χ0n) is 12.2. The molecule has 0 bridgehead atoms. The molecular formula is C15H21N3OS. The van der Waals surface area contributed by atoms with Gasteiger partial charge in [-0.05, 0) is 43.4 Å². The van der Waals surface area contributed by atoms with Gasteiger partial charge in [0.25, 0.3) is 0 Å². The van der Waals surface area contributed by atoms with E-state index in [-0.39, 0.29) is 5.41 Å². The first-order chi connectivity index (χ1) is 9.69. The molecule has 0 aliphatic heterocycles. The standard InChI is InChI=1S/C15H21N3OS/c1-4-15(5-2,10-16)14-17-13(18-19-14)11-6-8-12(20-3)9-7-11/h6-9H,4-5,10,16H2,1-3H3. The molecule has 108 valence electrons. The second-order valence-electron chi connectivity index (χ2n) is 4.84. The van der Waals surface area contributed by atoms with Crippen molar-refractivity contribution in [3.63, 3.8) is 0 Å². The van der Waals surface area contributed by atoms with Crippen LogP contribution in [0.3, 0.4) is 0 Å². The zero-order valence-corrected chi connectivity index (χ0v) is 13.0. The van der Waals surface area contributed by atoms with Crippen LogP contribution in [0.1, 0.15) is 32.6 Å². The number of benzene rings is 1. The number of hydrogen-bond acceptors (Lipinski definition) is 5. The highest BCUT2D eigenvalue weighted by molar-refractivity contribution is 7.98. The lowest BCUT2D eigenvalue weighted by atomic mass is 9.82. The molecule has 2 N–H and O–H groups in total. The van der Waals surface area contributed by atoms with Crippen molar-refractivity contribution in [2.45, 2.75) is 37.0 Å². The van der Waals surface area contributed by atoms with Gasteiger partial charge in [-0.15, -0.1) is 11.8 Å². The summed E-state index contributed by atoms with van der Waals surface area (Å²) in [7, 11) is 0. The smallest absolute Gasteiger partial charge is 0.234 e. The second kappa shape index (κ2) is 6.41. The molecule has 1 aromatic heterocycles. The number of hydrogen-bond donors (Lipinski definition) is 1. The molecule has 2 rings (SSSR count). The highest BCUT2D eigenvalue weighted by Gasteiger charge is 2.33. The number of rotatable bonds is 6. The van der Waals surface area contributed by atoms with E-state index in [0.717, 1.165) is 18.4 Å². The van der Waals surface area contributed by atoms with Gasteiger partial charge in [0.05, 0.1) is 5.41 Å². The van der Waals surface area contributed by atoms with Crippen molar-refractivity contribution in [3.05, 3.63) is 30.2 Å². The van der Waals surface area contributed by atoms with Gasteiger partial charge in [0.1, 0.15) is 0 Å². The van der Waals surface area contributed by atoms with Crippen molar-refractivity contribution in [2.75, 3.05) is 12.8 Å². The third-order valence-corrected chi connectivity index (χ3v) is 4.72. The van der Waals surface area contributed by atoms with Crippen LogP contribution in [0.15, 0.2) is 33.7 Å². The molecule has 0 atom stereocenters. The lowest BCUT2D eigenvalue weighted by Crippen LogP contribution is -2.34. The highest BCUT2D eigenvalue weighted by atomic mass is 32.2. The van der Waals surface area contributed by atoms with Crippen molar-refractivity contribution in [3.8, 4) is 11.4 Å². The van der Waals surface area contributed by atoms with E-state index in [2.05, 4.69) is 42.4 Å². The summed E-state index contributed by atoms with van der Waals surface area (Å²) in [4.78, 5) is 5.77. The van der Waals surface area contributed by atoms with E-state index < -0.39 is 0 Å². The monoisotopic (exact) mass is 291 g/mol. The van der Waals surface area contributed by atoms with Gasteiger partial charge in [-0.2, -0.15) is 4.98 Å². The largest absolute Gasteiger partial charge is 0.338 e. The molecule has 1 heterocycles. The van der Waals surface area contributed by atoms with E-state index >= 15 is 0 Å².